The summed E-state index contributed by atoms with van der Waals surface area (Å²) in [5.74, 6) is -2.80. The van der Waals surface area contributed by atoms with Gasteiger partial charge in [-0.3, -0.25) is 4.90 Å². The minimum atomic E-state index is -1.09. The van der Waals surface area contributed by atoms with Crippen LogP contribution in [0.2, 0.25) is 0 Å². The predicted octanol–water partition coefficient (Wildman–Crippen LogP) is 3.86. The second-order valence-electron chi connectivity index (χ2n) is 5.22. The fraction of sp³-hybridized carbons (Fsp3) is 0.467. The van der Waals surface area contributed by atoms with Crippen LogP contribution < -0.4 is 5.32 Å². The lowest BCUT2D eigenvalue weighted by molar-refractivity contribution is 0.165. The third kappa shape index (κ3) is 4.88. The zero-order chi connectivity index (χ0) is 14.7. The number of hydrogen-bond acceptors (Lipinski definition) is 2. The van der Waals surface area contributed by atoms with Gasteiger partial charge in [-0.25, -0.2) is 13.2 Å². The average Bonchev–Trinajstić information content (AvgIpc) is 2.43. The van der Waals surface area contributed by atoms with E-state index in [1.165, 1.54) is 0 Å². The quantitative estimate of drug-likeness (QED) is 0.650. The lowest BCUT2D eigenvalue weighted by atomic mass is 9.96. The SMILES string of the molecule is C=C(C)C[C@@H](c1c(F)ccc(F)c1F)N1CCNCC1.Cl.Cl. The zero-order valence-electron chi connectivity index (χ0n) is 12.4. The Kier molecular flexibility index (Phi) is 9.08. The summed E-state index contributed by atoms with van der Waals surface area (Å²) in [5, 5.41) is 3.19. The Hall–Kier alpha value is -0.750. The Morgan fingerprint density at radius 3 is 2.27 bits per heavy atom. The molecule has 0 aromatic heterocycles. The Labute approximate surface area is 141 Å². The smallest absolute Gasteiger partial charge is 0.166 e. The molecule has 1 aliphatic heterocycles. The van der Waals surface area contributed by atoms with Crippen LogP contribution in [0, 0.1) is 17.5 Å². The van der Waals surface area contributed by atoms with Crippen molar-refractivity contribution in [2.45, 2.75) is 19.4 Å². The van der Waals surface area contributed by atoms with Crippen LogP contribution in [0.15, 0.2) is 24.3 Å². The van der Waals surface area contributed by atoms with Crippen LogP contribution >= 0.6 is 24.8 Å². The molecule has 1 saturated heterocycles. The molecule has 7 heteroatoms. The summed E-state index contributed by atoms with van der Waals surface area (Å²) in [4.78, 5) is 1.98. The second-order valence-corrected chi connectivity index (χ2v) is 5.22. The highest BCUT2D eigenvalue weighted by atomic mass is 35.5. The van der Waals surface area contributed by atoms with Crippen molar-refractivity contribution in [2.75, 3.05) is 26.2 Å². The first kappa shape index (κ1) is 21.2. The van der Waals surface area contributed by atoms with Crippen molar-refractivity contribution in [1.82, 2.24) is 10.2 Å². The molecule has 0 bridgehead atoms. The number of hydrogen-bond donors (Lipinski definition) is 1. The molecule has 0 unspecified atom stereocenters. The lowest BCUT2D eigenvalue weighted by Crippen LogP contribution is -2.45. The van der Waals surface area contributed by atoms with Crippen molar-refractivity contribution < 1.29 is 13.2 Å². The Morgan fingerprint density at radius 2 is 1.73 bits per heavy atom. The third-order valence-electron chi connectivity index (χ3n) is 3.55. The van der Waals surface area contributed by atoms with Crippen LogP contribution in [-0.2, 0) is 0 Å². The first-order chi connectivity index (χ1) is 9.50. The zero-order valence-corrected chi connectivity index (χ0v) is 14.0. The average molecular weight is 357 g/mol. The van der Waals surface area contributed by atoms with Crippen molar-refractivity contribution in [3.63, 3.8) is 0 Å². The largest absolute Gasteiger partial charge is 0.314 e. The maximum absolute atomic E-state index is 14.0. The van der Waals surface area contributed by atoms with E-state index in [0.717, 1.165) is 30.8 Å². The molecule has 1 N–H and O–H groups in total. The normalized spacial score (nSPS) is 16.4. The van der Waals surface area contributed by atoms with Gasteiger partial charge in [0.05, 0.1) is 0 Å². The van der Waals surface area contributed by atoms with Crippen LogP contribution in [0.25, 0.3) is 0 Å². The molecule has 22 heavy (non-hydrogen) atoms. The van der Waals surface area contributed by atoms with E-state index in [4.69, 9.17) is 0 Å². The maximum Gasteiger partial charge on any atom is 0.166 e. The van der Waals surface area contributed by atoms with E-state index in [1.54, 1.807) is 0 Å². The summed E-state index contributed by atoms with van der Waals surface area (Å²) in [5.41, 5.74) is 0.631. The van der Waals surface area contributed by atoms with Gasteiger partial charge in [-0.05, 0) is 25.5 Å². The van der Waals surface area contributed by atoms with E-state index in [2.05, 4.69) is 11.9 Å². The first-order valence-electron chi connectivity index (χ1n) is 6.73. The van der Waals surface area contributed by atoms with Gasteiger partial charge in [0.2, 0.25) is 0 Å². The molecule has 0 aliphatic carbocycles. The van der Waals surface area contributed by atoms with E-state index in [-0.39, 0.29) is 30.4 Å². The van der Waals surface area contributed by atoms with E-state index in [1.807, 2.05) is 11.8 Å². The first-order valence-corrected chi connectivity index (χ1v) is 6.73. The number of nitrogens with zero attached hydrogens (tertiary/aromatic N) is 1. The van der Waals surface area contributed by atoms with Crippen molar-refractivity contribution >= 4 is 24.8 Å². The molecule has 2 rings (SSSR count). The van der Waals surface area contributed by atoms with E-state index >= 15 is 0 Å². The summed E-state index contributed by atoms with van der Waals surface area (Å²) < 4.78 is 41.5. The van der Waals surface area contributed by atoms with Gasteiger partial charge in [-0.1, -0.05) is 5.57 Å². The summed E-state index contributed by atoms with van der Waals surface area (Å²) in [7, 11) is 0. The highest BCUT2D eigenvalue weighted by Gasteiger charge is 2.28. The topological polar surface area (TPSA) is 15.3 Å². The number of rotatable bonds is 4. The van der Waals surface area contributed by atoms with Gasteiger partial charge in [-0.2, -0.15) is 0 Å². The standard InChI is InChI=1S/C15H19F3N2.2ClH/c1-10(2)9-13(20-7-5-19-6-8-20)14-11(16)3-4-12(17)15(14)18;;/h3-4,13,19H,1,5-9H2,2H3;2*1H/t13-;;/m0../s1. The molecular formula is C15H21Cl2F3N2. The molecule has 0 amide bonds. The summed E-state index contributed by atoms with van der Waals surface area (Å²) in [6.07, 6.45) is 0.414. The number of halogens is 5. The molecule has 1 aromatic rings. The van der Waals surface area contributed by atoms with Crippen LogP contribution in [0.3, 0.4) is 0 Å². The van der Waals surface area contributed by atoms with Crippen molar-refractivity contribution in [3.05, 3.63) is 47.3 Å². The molecule has 126 valence electrons. The Bertz CT molecular complexity index is 506. The van der Waals surface area contributed by atoms with E-state index in [0.29, 0.717) is 19.5 Å². The van der Waals surface area contributed by atoms with E-state index < -0.39 is 23.5 Å². The summed E-state index contributed by atoms with van der Waals surface area (Å²) in [6, 6.07) is 1.30. The van der Waals surface area contributed by atoms with Crippen LogP contribution in [0.5, 0.6) is 0 Å². The molecule has 1 fully saturated rings. The fourth-order valence-corrected chi connectivity index (χ4v) is 2.59. The van der Waals surface area contributed by atoms with Gasteiger partial charge >= 0.3 is 0 Å². The Morgan fingerprint density at radius 1 is 1.18 bits per heavy atom. The van der Waals surface area contributed by atoms with Gasteiger partial charge in [-0.15, -0.1) is 31.4 Å². The minimum Gasteiger partial charge on any atom is -0.314 e. The van der Waals surface area contributed by atoms with Gasteiger partial charge in [0.15, 0.2) is 11.6 Å². The predicted molar refractivity (Wildman–Crippen MR) is 87.4 cm³/mol. The molecular weight excluding hydrogens is 336 g/mol. The molecule has 1 heterocycles. The van der Waals surface area contributed by atoms with Crippen molar-refractivity contribution in [2.24, 2.45) is 0 Å². The number of benzene rings is 1. The lowest BCUT2D eigenvalue weighted by Gasteiger charge is -2.35. The van der Waals surface area contributed by atoms with E-state index in [9.17, 15) is 13.2 Å². The molecule has 0 saturated carbocycles. The fourth-order valence-electron chi connectivity index (χ4n) is 2.59. The van der Waals surface area contributed by atoms with Gasteiger partial charge < -0.3 is 5.32 Å². The number of piperazine rings is 1. The van der Waals surface area contributed by atoms with Crippen molar-refractivity contribution in [3.8, 4) is 0 Å². The van der Waals surface area contributed by atoms with Gasteiger partial charge in [0.1, 0.15) is 5.82 Å². The van der Waals surface area contributed by atoms with Crippen molar-refractivity contribution in [1.29, 1.82) is 0 Å². The minimum absolute atomic E-state index is 0. The molecule has 0 radical (unpaired) electrons. The molecule has 0 spiro atoms. The second kappa shape index (κ2) is 9.40. The third-order valence-corrected chi connectivity index (χ3v) is 3.55. The molecule has 1 atom stereocenters. The van der Waals surface area contributed by atoms with Gasteiger partial charge in [0.25, 0.3) is 0 Å². The molecule has 1 aromatic carbocycles. The molecule has 2 nitrogen and oxygen atoms in total. The van der Waals surface area contributed by atoms with Crippen LogP contribution in [-0.4, -0.2) is 31.1 Å². The van der Waals surface area contributed by atoms with Crippen LogP contribution in [0.4, 0.5) is 13.2 Å². The maximum atomic E-state index is 14.0. The van der Waals surface area contributed by atoms with Crippen LogP contribution in [0.1, 0.15) is 24.9 Å². The summed E-state index contributed by atoms with van der Waals surface area (Å²) in [6.45, 7) is 8.48. The van der Waals surface area contributed by atoms with Gasteiger partial charge in [0, 0.05) is 37.8 Å². The number of nitrogens with one attached hydrogen (secondary N) is 1. The highest BCUT2D eigenvalue weighted by molar-refractivity contribution is 5.85. The highest BCUT2D eigenvalue weighted by Crippen LogP contribution is 2.32. The summed E-state index contributed by atoms with van der Waals surface area (Å²) >= 11 is 0. The Balaban J connectivity index is 0.00000220. The molecule has 1 aliphatic rings. The monoisotopic (exact) mass is 356 g/mol.